The second kappa shape index (κ2) is 6.55. The van der Waals surface area contributed by atoms with Crippen LogP contribution in [0.4, 0.5) is 0 Å². The highest BCUT2D eigenvalue weighted by Gasteiger charge is 2.14. The lowest BCUT2D eigenvalue weighted by molar-refractivity contribution is 0.242. The van der Waals surface area contributed by atoms with Gasteiger partial charge in [-0.3, -0.25) is 0 Å². The lowest BCUT2D eigenvalue weighted by atomic mass is 10.1. The van der Waals surface area contributed by atoms with Crippen molar-refractivity contribution in [2.24, 2.45) is 5.92 Å². The maximum absolute atomic E-state index is 6.42. The van der Waals surface area contributed by atoms with Crippen LogP contribution < -0.4 is 4.74 Å². The van der Waals surface area contributed by atoms with E-state index in [9.17, 15) is 0 Å². The van der Waals surface area contributed by atoms with Gasteiger partial charge in [0.1, 0.15) is 15.8 Å². The minimum Gasteiger partial charge on any atom is -0.489 e. The Morgan fingerprint density at radius 2 is 1.95 bits per heavy atom. The first kappa shape index (κ1) is 15.3. The number of hydrogen-bond donors (Lipinski definition) is 0. The van der Waals surface area contributed by atoms with Gasteiger partial charge >= 0.3 is 0 Å². The largest absolute Gasteiger partial charge is 0.489 e. The molecule has 0 spiro atoms. The van der Waals surface area contributed by atoms with Gasteiger partial charge in [0.2, 0.25) is 0 Å². The molecule has 0 atom stereocenters. The van der Waals surface area contributed by atoms with Gasteiger partial charge in [-0.05, 0) is 25.8 Å². The van der Waals surface area contributed by atoms with Crippen molar-refractivity contribution < 1.29 is 4.74 Å². The highest BCUT2D eigenvalue weighted by Crippen LogP contribution is 2.37. The van der Waals surface area contributed by atoms with E-state index in [0.29, 0.717) is 16.7 Å². The molecule has 0 aliphatic heterocycles. The molecule has 2 aromatic rings. The van der Waals surface area contributed by atoms with Crippen molar-refractivity contribution in [3.63, 3.8) is 0 Å². The first-order valence-corrected chi connectivity index (χ1v) is 7.94. The minimum atomic E-state index is 0.0914. The van der Waals surface area contributed by atoms with Crippen molar-refractivity contribution in [2.45, 2.75) is 40.2 Å². The summed E-state index contributed by atoms with van der Waals surface area (Å²) in [6.45, 7) is 8.31. The highest BCUT2D eigenvalue weighted by atomic mass is 35.5. The first-order chi connectivity index (χ1) is 9.47. The molecule has 0 unspecified atom stereocenters. The van der Waals surface area contributed by atoms with E-state index in [-0.39, 0.29) is 6.10 Å². The number of ether oxygens (including phenoxy) is 1. The molecule has 5 heteroatoms. The molecule has 1 aromatic carbocycles. The summed E-state index contributed by atoms with van der Waals surface area (Å²) < 4.78 is 5.70. The van der Waals surface area contributed by atoms with Gasteiger partial charge in [0.25, 0.3) is 0 Å². The third kappa shape index (κ3) is 3.70. The van der Waals surface area contributed by atoms with Gasteiger partial charge in [-0.15, -0.1) is 10.2 Å². The van der Waals surface area contributed by atoms with Crippen molar-refractivity contribution in [1.29, 1.82) is 0 Å². The molecule has 0 saturated carbocycles. The quantitative estimate of drug-likeness (QED) is 0.792. The number of halogens is 1. The van der Waals surface area contributed by atoms with E-state index in [1.165, 1.54) is 0 Å². The number of hydrogen-bond acceptors (Lipinski definition) is 4. The maximum Gasteiger partial charge on any atom is 0.149 e. The Balaban J connectivity index is 2.30. The Labute approximate surface area is 129 Å². The molecular weight excluding hydrogens is 292 g/mol. The van der Waals surface area contributed by atoms with E-state index in [4.69, 9.17) is 16.3 Å². The molecule has 0 fully saturated rings. The summed E-state index contributed by atoms with van der Waals surface area (Å²) in [6.07, 6.45) is 1.03. The van der Waals surface area contributed by atoms with Gasteiger partial charge in [0.15, 0.2) is 0 Å². The zero-order chi connectivity index (χ0) is 14.7. The fourth-order valence-corrected chi connectivity index (χ4v) is 3.21. The van der Waals surface area contributed by atoms with Crippen LogP contribution >= 0.6 is 22.9 Å². The van der Waals surface area contributed by atoms with E-state index < -0.39 is 0 Å². The molecule has 0 bridgehead atoms. The predicted octanol–water partition coefficient (Wildman–Crippen LogP) is 4.84. The zero-order valence-electron chi connectivity index (χ0n) is 12.2. The van der Waals surface area contributed by atoms with Gasteiger partial charge in [-0.1, -0.05) is 48.9 Å². The van der Waals surface area contributed by atoms with Crippen LogP contribution in [0.15, 0.2) is 18.2 Å². The number of nitrogens with zero attached hydrogens (tertiary/aromatic N) is 2. The third-order valence-electron chi connectivity index (χ3n) is 2.61. The lowest BCUT2D eigenvalue weighted by Gasteiger charge is -2.12. The van der Waals surface area contributed by atoms with Crippen LogP contribution in [0.25, 0.3) is 10.6 Å². The van der Waals surface area contributed by atoms with E-state index >= 15 is 0 Å². The Kier molecular flexibility index (Phi) is 5.00. The molecular formula is C15H19ClN2OS. The zero-order valence-corrected chi connectivity index (χ0v) is 13.8. The summed E-state index contributed by atoms with van der Waals surface area (Å²) in [7, 11) is 0. The van der Waals surface area contributed by atoms with Crippen molar-refractivity contribution in [3.05, 3.63) is 28.2 Å². The Morgan fingerprint density at radius 1 is 1.20 bits per heavy atom. The van der Waals surface area contributed by atoms with E-state index in [2.05, 4.69) is 24.0 Å². The Hall–Kier alpha value is -1.13. The van der Waals surface area contributed by atoms with Crippen molar-refractivity contribution in [1.82, 2.24) is 10.2 Å². The van der Waals surface area contributed by atoms with E-state index in [1.54, 1.807) is 11.3 Å². The summed E-state index contributed by atoms with van der Waals surface area (Å²) in [5, 5.41) is 11.0. The molecule has 0 radical (unpaired) electrons. The molecule has 1 heterocycles. The number of rotatable bonds is 5. The fourth-order valence-electron chi connectivity index (χ4n) is 1.82. The summed E-state index contributed by atoms with van der Waals surface area (Å²) in [5.41, 5.74) is 0.886. The molecule has 0 aliphatic rings. The van der Waals surface area contributed by atoms with E-state index in [1.807, 2.05) is 32.0 Å². The second-order valence-corrected chi connectivity index (χ2v) is 6.82. The molecule has 2 rings (SSSR count). The van der Waals surface area contributed by atoms with Crippen molar-refractivity contribution in [3.8, 4) is 16.3 Å². The molecule has 0 saturated heterocycles. The maximum atomic E-state index is 6.42. The molecule has 0 amide bonds. The SMILES string of the molecule is CC(C)Cc1nnc(-c2cccc(OC(C)C)c2Cl)s1. The average Bonchev–Trinajstić information content (AvgIpc) is 2.78. The molecule has 0 aliphatic carbocycles. The predicted molar refractivity (Wildman–Crippen MR) is 84.7 cm³/mol. The standard InChI is InChI=1S/C15H19ClN2OS/c1-9(2)8-13-17-18-15(20-13)11-6-5-7-12(14(11)16)19-10(3)4/h5-7,9-10H,8H2,1-4H3. The van der Waals surface area contributed by atoms with Gasteiger partial charge < -0.3 is 4.74 Å². The Bertz CT molecular complexity index is 581. The van der Waals surface area contributed by atoms with Gasteiger partial charge in [0.05, 0.1) is 11.1 Å². The monoisotopic (exact) mass is 310 g/mol. The summed E-state index contributed by atoms with van der Waals surface area (Å²) in [6, 6.07) is 5.76. The minimum absolute atomic E-state index is 0.0914. The normalized spacial score (nSPS) is 11.3. The second-order valence-electron chi connectivity index (χ2n) is 5.38. The first-order valence-electron chi connectivity index (χ1n) is 6.75. The molecule has 3 nitrogen and oxygen atoms in total. The molecule has 1 aromatic heterocycles. The average molecular weight is 311 g/mol. The van der Waals surface area contributed by atoms with Gasteiger partial charge in [-0.25, -0.2) is 0 Å². The van der Waals surface area contributed by atoms with E-state index in [0.717, 1.165) is 22.0 Å². The molecule has 20 heavy (non-hydrogen) atoms. The molecule has 108 valence electrons. The highest BCUT2D eigenvalue weighted by molar-refractivity contribution is 7.14. The third-order valence-corrected chi connectivity index (χ3v) is 3.97. The number of benzene rings is 1. The van der Waals surface area contributed by atoms with Crippen molar-refractivity contribution >= 4 is 22.9 Å². The smallest absolute Gasteiger partial charge is 0.149 e. The van der Waals surface area contributed by atoms with Crippen LogP contribution in [0.1, 0.15) is 32.7 Å². The van der Waals surface area contributed by atoms with Crippen LogP contribution in [-0.4, -0.2) is 16.3 Å². The lowest BCUT2D eigenvalue weighted by Crippen LogP contribution is -2.06. The van der Waals surface area contributed by atoms with Crippen LogP contribution in [0.5, 0.6) is 5.75 Å². The Morgan fingerprint density at radius 3 is 2.60 bits per heavy atom. The van der Waals surface area contributed by atoms with Crippen LogP contribution in [0.2, 0.25) is 5.02 Å². The van der Waals surface area contributed by atoms with Crippen LogP contribution in [0, 0.1) is 5.92 Å². The summed E-state index contributed by atoms with van der Waals surface area (Å²) >= 11 is 8.01. The summed E-state index contributed by atoms with van der Waals surface area (Å²) in [5.74, 6) is 1.27. The van der Waals surface area contributed by atoms with Crippen LogP contribution in [-0.2, 0) is 6.42 Å². The van der Waals surface area contributed by atoms with Gasteiger partial charge in [0, 0.05) is 12.0 Å². The van der Waals surface area contributed by atoms with Crippen LogP contribution in [0.3, 0.4) is 0 Å². The fraction of sp³-hybridized carbons (Fsp3) is 0.467. The molecule has 0 N–H and O–H groups in total. The number of aromatic nitrogens is 2. The van der Waals surface area contributed by atoms with Gasteiger partial charge in [-0.2, -0.15) is 0 Å². The topological polar surface area (TPSA) is 35.0 Å². The summed E-state index contributed by atoms with van der Waals surface area (Å²) in [4.78, 5) is 0. The van der Waals surface area contributed by atoms with Crippen molar-refractivity contribution in [2.75, 3.05) is 0 Å².